The van der Waals surface area contributed by atoms with Crippen LogP contribution in [-0.2, 0) is 32.6 Å². The topological polar surface area (TPSA) is 140 Å². The zero-order valence-electron chi connectivity index (χ0n) is 18.6. The van der Waals surface area contributed by atoms with E-state index in [1.165, 1.54) is 28.5 Å². The number of halogens is 1. The van der Waals surface area contributed by atoms with Crippen molar-refractivity contribution in [1.29, 1.82) is 0 Å². The van der Waals surface area contributed by atoms with Gasteiger partial charge in [0, 0.05) is 24.9 Å². The molecule has 0 radical (unpaired) electrons. The first-order valence-electron chi connectivity index (χ1n) is 10.4. The van der Waals surface area contributed by atoms with Crippen molar-refractivity contribution in [2.45, 2.75) is 31.7 Å². The highest BCUT2D eigenvalue weighted by Crippen LogP contribution is 2.26. The molecular weight excluding hydrogens is 467 g/mol. The number of sulfone groups is 1. The van der Waals surface area contributed by atoms with Gasteiger partial charge >= 0.3 is 0 Å². The average molecular weight is 493 g/mol. The number of benzene rings is 2. The first-order valence-corrected chi connectivity index (χ1v) is 12.4. The van der Waals surface area contributed by atoms with E-state index >= 15 is 0 Å². The van der Waals surface area contributed by atoms with E-state index < -0.39 is 32.4 Å². The van der Waals surface area contributed by atoms with Crippen molar-refractivity contribution in [1.82, 2.24) is 20.5 Å². The predicted molar refractivity (Wildman–Crippen MR) is 123 cm³/mol. The molecule has 3 N–H and O–H groups in total. The number of hydrogen-bond acceptors (Lipinski definition) is 8. The molecule has 3 rings (SSSR count). The first-order chi connectivity index (χ1) is 16.2. The van der Waals surface area contributed by atoms with E-state index in [0.29, 0.717) is 35.4 Å². The van der Waals surface area contributed by atoms with Crippen LogP contribution in [0, 0.1) is 5.82 Å². The third-order valence-corrected chi connectivity index (χ3v) is 6.73. The van der Waals surface area contributed by atoms with E-state index in [-0.39, 0.29) is 18.4 Å². The molecule has 1 aromatic heterocycles. The molecule has 0 aliphatic rings. The van der Waals surface area contributed by atoms with Gasteiger partial charge in [0.2, 0.25) is 0 Å². The Balaban J connectivity index is 1.85. The quantitative estimate of drug-likeness (QED) is 0.220. The van der Waals surface area contributed by atoms with Crippen LogP contribution in [0.15, 0.2) is 47.5 Å². The molecule has 1 heterocycles. The zero-order valence-corrected chi connectivity index (χ0v) is 19.4. The van der Waals surface area contributed by atoms with Crippen molar-refractivity contribution in [3.8, 4) is 11.1 Å². The van der Waals surface area contributed by atoms with Gasteiger partial charge < -0.3 is 4.84 Å². The van der Waals surface area contributed by atoms with Crippen molar-refractivity contribution in [3.63, 3.8) is 0 Å². The Kier molecular flexibility index (Phi) is 8.10. The van der Waals surface area contributed by atoms with Gasteiger partial charge in [-0.15, -0.1) is 0 Å². The monoisotopic (exact) mass is 492 g/mol. The van der Waals surface area contributed by atoms with Crippen LogP contribution in [0.3, 0.4) is 0 Å². The minimum atomic E-state index is -3.81. The number of carbonyl (C=O) groups excluding carboxylic acids is 1. The molecular formula is C22H25FN4O6S. The predicted octanol–water partition coefficient (Wildman–Crippen LogP) is 1.55. The molecule has 0 saturated carbocycles. The number of nitrogens with zero attached hydrogens (tertiary/aromatic N) is 2. The van der Waals surface area contributed by atoms with E-state index in [9.17, 15) is 22.4 Å². The second kappa shape index (κ2) is 10.8. The molecule has 34 heavy (non-hydrogen) atoms. The lowest BCUT2D eigenvalue weighted by Gasteiger charge is -2.14. The lowest BCUT2D eigenvalue weighted by Crippen LogP contribution is -2.39. The summed E-state index contributed by atoms with van der Waals surface area (Å²) in [7, 11) is -3.81. The molecule has 182 valence electrons. The van der Waals surface area contributed by atoms with E-state index in [2.05, 4.69) is 10.5 Å². The smallest absolute Gasteiger partial charge is 0.261 e. The number of hydroxylamine groups is 2. The van der Waals surface area contributed by atoms with Gasteiger partial charge in [-0.05, 0) is 42.7 Å². The standard InChI is InChI=1S/C22H25FN4O6S/c1-3-33-25-12-14-4-6-16(18(23)10-14)15-5-7-17-19(11-15)24-13-27(22(17)29)9-8-20(21(28)26-30)34(2,31)32/h4-7,10-11,13,20,25,30H,3,8-9,12H2,1-2H3,(H,26,28)/t20-/m1/s1. The van der Waals surface area contributed by atoms with Crippen LogP contribution in [0.1, 0.15) is 18.9 Å². The highest BCUT2D eigenvalue weighted by Gasteiger charge is 2.28. The summed E-state index contributed by atoms with van der Waals surface area (Å²) in [4.78, 5) is 33.8. The Hall–Kier alpha value is -3.19. The normalized spacial score (nSPS) is 12.6. The summed E-state index contributed by atoms with van der Waals surface area (Å²) in [5, 5.41) is 7.52. The second-order valence-electron chi connectivity index (χ2n) is 7.63. The molecule has 2 aromatic carbocycles. The zero-order chi connectivity index (χ0) is 24.9. The van der Waals surface area contributed by atoms with Crippen LogP contribution >= 0.6 is 0 Å². The van der Waals surface area contributed by atoms with Crippen LogP contribution in [0.4, 0.5) is 4.39 Å². The SMILES string of the molecule is CCONCc1ccc(-c2ccc3c(=O)n(CC[C@H](C(=O)NO)S(C)(=O)=O)cnc3c2)c(F)c1. The van der Waals surface area contributed by atoms with Crippen molar-refractivity contribution < 1.29 is 27.6 Å². The van der Waals surface area contributed by atoms with E-state index in [1.807, 2.05) is 6.92 Å². The summed E-state index contributed by atoms with van der Waals surface area (Å²) in [6.07, 6.45) is 1.88. The molecule has 0 saturated heterocycles. The highest BCUT2D eigenvalue weighted by atomic mass is 32.2. The largest absolute Gasteiger partial charge is 0.302 e. The van der Waals surface area contributed by atoms with Crippen molar-refractivity contribution >= 4 is 26.6 Å². The fraction of sp³-hybridized carbons (Fsp3) is 0.318. The van der Waals surface area contributed by atoms with Crippen LogP contribution < -0.4 is 16.5 Å². The minimum absolute atomic E-state index is 0.111. The average Bonchev–Trinajstić information content (AvgIpc) is 2.79. The number of nitrogens with one attached hydrogen (secondary N) is 2. The number of amides is 1. The molecule has 12 heteroatoms. The summed E-state index contributed by atoms with van der Waals surface area (Å²) < 4.78 is 39.5. The molecule has 0 fully saturated rings. The molecule has 0 bridgehead atoms. The molecule has 10 nitrogen and oxygen atoms in total. The number of aromatic nitrogens is 2. The number of aryl methyl sites for hydroxylation is 1. The Morgan fingerprint density at radius 1 is 1.26 bits per heavy atom. The lowest BCUT2D eigenvalue weighted by molar-refractivity contribution is -0.128. The van der Waals surface area contributed by atoms with Gasteiger partial charge in [0.1, 0.15) is 11.1 Å². The Morgan fingerprint density at radius 3 is 2.68 bits per heavy atom. The number of fused-ring (bicyclic) bond motifs is 1. The summed E-state index contributed by atoms with van der Waals surface area (Å²) in [6.45, 7) is 2.56. The number of hydrogen-bond donors (Lipinski definition) is 3. The van der Waals surface area contributed by atoms with Gasteiger partial charge in [0.25, 0.3) is 11.5 Å². The van der Waals surface area contributed by atoms with E-state index in [0.717, 1.165) is 6.26 Å². The number of carbonyl (C=O) groups is 1. The van der Waals surface area contributed by atoms with Crippen molar-refractivity contribution in [3.05, 3.63) is 64.5 Å². The van der Waals surface area contributed by atoms with Crippen LogP contribution in [0.25, 0.3) is 22.0 Å². The lowest BCUT2D eigenvalue weighted by atomic mass is 10.0. The van der Waals surface area contributed by atoms with Gasteiger partial charge in [-0.1, -0.05) is 18.2 Å². The fourth-order valence-corrected chi connectivity index (χ4v) is 4.47. The van der Waals surface area contributed by atoms with Gasteiger partial charge in [-0.3, -0.25) is 19.4 Å². The summed E-state index contributed by atoms with van der Waals surface area (Å²) >= 11 is 0. The maximum absolute atomic E-state index is 14.7. The van der Waals surface area contributed by atoms with E-state index in [4.69, 9.17) is 10.0 Å². The summed E-state index contributed by atoms with van der Waals surface area (Å²) in [6, 6.07) is 9.52. The first kappa shape index (κ1) is 25.4. The van der Waals surface area contributed by atoms with Crippen LogP contribution in [-0.4, -0.2) is 47.2 Å². The molecule has 1 amide bonds. The third-order valence-electron chi connectivity index (χ3n) is 5.24. The van der Waals surface area contributed by atoms with Gasteiger partial charge in [0.05, 0.1) is 23.8 Å². The molecule has 0 unspecified atom stereocenters. The molecule has 0 aliphatic heterocycles. The van der Waals surface area contributed by atoms with Gasteiger partial charge in [-0.25, -0.2) is 23.3 Å². The molecule has 0 aliphatic carbocycles. The Morgan fingerprint density at radius 2 is 2.03 bits per heavy atom. The molecule has 3 aromatic rings. The van der Waals surface area contributed by atoms with Gasteiger partial charge in [-0.2, -0.15) is 5.48 Å². The van der Waals surface area contributed by atoms with E-state index in [1.54, 1.807) is 24.3 Å². The van der Waals surface area contributed by atoms with Crippen molar-refractivity contribution in [2.75, 3.05) is 12.9 Å². The second-order valence-corrected chi connectivity index (χ2v) is 9.85. The van der Waals surface area contributed by atoms with Crippen molar-refractivity contribution in [2.24, 2.45) is 0 Å². The maximum atomic E-state index is 14.7. The maximum Gasteiger partial charge on any atom is 0.261 e. The van der Waals surface area contributed by atoms with Crippen LogP contribution in [0.2, 0.25) is 0 Å². The Bertz CT molecular complexity index is 1360. The molecule has 1 atom stereocenters. The summed E-state index contributed by atoms with van der Waals surface area (Å²) in [5.41, 5.74) is 5.55. The fourth-order valence-electron chi connectivity index (χ4n) is 3.49. The van der Waals surface area contributed by atoms with Gasteiger partial charge in [0.15, 0.2) is 9.84 Å². The molecule has 0 spiro atoms. The third kappa shape index (κ3) is 5.83. The number of rotatable bonds is 10. The Labute approximate surface area is 195 Å². The summed E-state index contributed by atoms with van der Waals surface area (Å²) in [5.74, 6) is -1.51. The minimum Gasteiger partial charge on any atom is -0.302 e. The van der Waals surface area contributed by atoms with Crippen LogP contribution in [0.5, 0.6) is 0 Å². The highest BCUT2D eigenvalue weighted by molar-refractivity contribution is 7.92.